The SMILES string of the molecule is Cc1ccc(S(=O)(=O)NC2CCN(S(C)(=O)=O)c3ccccc32)s1. The van der Waals surface area contributed by atoms with Gasteiger partial charge in [-0.05, 0) is 37.1 Å². The summed E-state index contributed by atoms with van der Waals surface area (Å²) in [6, 6.07) is 9.88. The summed E-state index contributed by atoms with van der Waals surface area (Å²) in [7, 11) is -7.03. The predicted molar refractivity (Wildman–Crippen MR) is 95.4 cm³/mol. The van der Waals surface area contributed by atoms with Crippen molar-refractivity contribution < 1.29 is 16.8 Å². The lowest BCUT2D eigenvalue weighted by Crippen LogP contribution is -2.40. The number of benzene rings is 1. The first-order valence-corrected chi connectivity index (χ1v) is 11.5. The highest BCUT2D eigenvalue weighted by Gasteiger charge is 2.32. The molecule has 130 valence electrons. The fraction of sp³-hybridized carbons (Fsp3) is 0.333. The summed E-state index contributed by atoms with van der Waals surface area (Å²) in [4.78, 5) is 0.919. The second kappa shape index (κ2) is 6.14. The standard InChI is InChI=1S/C15H18N2O4S3/c1-11-7-8-15(22-11)24(20,21)16-13-9-10-17(23(2,18)19)14-6-4-3-5-12(13)14/h3-8,13,16H,9-10H2,1-2H3. The summed E-state index contributed by atoms with van der Waals surface area (Å²) in [5.74, 6) is 0. The minimum absolute atomic E-state index is 0.243. The number of hydrogen-bond donors (Lipinski definition) is 1. The zero-order valence-electron chi connectivity index (χ0n) is 13.3. The van der Waals surface area contributed by atoms with Crippen molar-refractivity contribution in [2.24, 2.45) is 0 Å². The molecule has 0 amide bonds. The van der Waals surface area contributed by atoms with Crippen LogP contribution in [0.3, 0.4) is 0 Å². The summed E-state index contributed by atoms with van der Waals surface area (Å²) in [6.07, 6.45) is 1.54. The minimum Gasteiger partial charge on any atom is -0.270 e. The molecule has 0 spiro atoms. The van der Waals surface area contributed by atoms with E-state index >= 15 is 0 Å². The molecule has 6 nitrogen and oxygen atoms in total. The number of para-hydroxylation sites is 1. The molecule has 2 aromatic rings. The van der Waals surface area contributed by atoms with Crippen molar-refractivity contribution in [2.45, 2.75) is 23.6 Å². The molecule has 0 bridgehead atoms. The van der Waals surface area contributed by atoms with Gasteiger partial charge in [0.2, 0.25) is 10.0 Å². The molecule has 0 saturated heterocycles. The van der Waals surface area contributed by atoms with Crippen LogP contribution < -0.4 is 9.03 Å². The molecular formula is C15H18N2O4S3. The maximum Gasteiger partial charge on any atom is 0.250 e. The molecule has 3 rings (SSSR count). The largest absolute Gasteiger partial charge is 0.270 e. The first kappa shape index (κ1) is 17.4. The second-order valence-electron chi connectivity index (χ2n) is 5.72. The third kappa shape index (κ3) is 3.34. The van der Waals surface area contributed by atoms with E-state index in [2.05, 4.69) is 4.72 Å². The Hall–Kier alpha value is -1.42. The van der Waals surface area contributed by atoms with Gasteiger partial charge in [-0.1, -0.05) is 18.2 Å². The number of nitrogens with one attached hydrogen (secondary N) is 1. The number of thiophene rings is 1. The van der Waals surface area contributed by atoms with Crippen molar-refractivity contribution in [2.75, 3.05) is 17.1 Å². The van der Waals surface area contributed by atoms with Crippen LogP contribution in [-0.2, 0) is 20.0 Å². The van der Waals surface area contributed by atoms with Crippen LogP contribution in [0.5, 0.6) is 0 Å². The van der Waals surface area contributed by atoms with Gasteiger partial charge in [-0.3, -0.25) is 4.31 Å². The molecule has 1 atom stereocenters. The molecule has 1 aromatic carbocycles. The topological polar surface area (TPSA) is 83.6 Å². The number of sulfonamides is 2. The summed E-state index contributed by atoms with van der Waals surface area (Å²) < 4.78 is 53.3. The predicted octanol–water partition coefficient (Wildman–Crippen LogP) is 2.25. The van der Waals surface area contributed by atoms with E-state index in [1.165, 1.54) is 15.6 Å². The van der Waals surface area contributed by atoms with Gasteiger partial charge in [0, 0.05) is 11.4 Å². The molecule has 0 fully saturated rings. The molecule has 9 heteroatoms. The highest BCUT2D eigenvalue weighted by Crippen LogP contribution is 2.36. The Labute approximate surface area is 146 Å². The van der Waals surface area contributed by atoms with Gasteiger partial charge in [0.1, 0.15) is 4.21 Å². The average molecular weight is 387 g/mol. The van der Waals surface area contributed by atoms with Crippen LogP contribution in [0.2, 0.25) is 0 Å². The van der Waals surface area contributed by atoms with Crippen molar-refractivity contribution in [3.05, 3.63) is 46.8 Å². The van der Waals surface area contributed by atoms with E-state index in [1.807, 2.05) is 6.92 Å². The first-order chi connectivity index (χ1) is 11.2. The van der Waals surface area contributed by atoms with E-state index in [4.69, 9.17) is 0 Å². The fourth-order valence-electron chi connectivity index (χ4n) is 2.80. The lowest BCUT2D eigenvalue weighted by atomic mass is 9.99. The highest BCUT2D eigenvalue weighted by atomic mass is 32.2. The number of anilines is 1. The minimum atomic E-state index is -3.63. The van der Waals surface area contributed by atoms with Crippen LogP contribution in [0, 0.1) is 6.92 Å². The Balaban J connectivity index is 1.96. The van der Waals surface area contributed by atoms with Crippen molar-refractivity contribution in [1.29, 1.82) is 0 Å². The van der Waals surface area contributed by atoms with Crippen molar-refractivity contribution in [3.63, 3.8) is 0 Å². The van der Waals surface area contributed by atoms with Gasteiger partial charge in [-0.25, -0.2) is 21.6 Å². The quantitative estimate of drug-likeness (QED) is 0.873. The molecule has 24 heavy (non-hydrogen) atoms. The molecule has 2 heterocycles. The van der Waals surface area contributed by atoms with Crippen LogP contribution in [0.4, 0.5) is 5.69 Å². The number of fused-ring (bicyclic) bond motifs is 1. The first-order valence-electron chi connectivity index (χ1n) is 7.34. The lowest BCUT2D eigenvalue weighted by Gasteiger charge is -2.34. The van der Waals surface area contributed by atoms with E-state index in [-0.39, 0.29) is 10.8 Å². The molecule has 0 aliphatic carbocycles. The summed E-state index contributed by atoms with van der Waals surface area (Å²) >= 11 is 1.21. The normalized spacial score (nSPS) is 18.4. The molecule has 1 aromatic heterocycles. The van der Waals surface area contributed by atoms with Gasteiger partial charge in [0.25, 0.3) is 10.0 Å². The Morgan fingerprint density at radius 1 is 1.12 bits per heavy atom. The third-order valence-electron chi connectivity index (χ3n) is 3.88. The van der Waals surface area contributed by atoms with Crippen LogP contribution in [0.15, 0.2) is 40.6 Å². The van der Waals surface area contributed by atoms with E-state index in [1.54, 1.807) is 36.4 Å². The maximum absolute atomic E-state index is 12.6. The van der Waals surface area contributed by atoms with Crippen LogP contribution in [0.1, 0.15) is 22.9 Å². The number of aryl methyl sites for hydroxylation is 1. The molecule has 1 aliphatic rings. The number of rotatable bonds is 4. The van der Waals surface area contributed by atoms with Gasteiger partial charge in [-0.15, -0.1) is 11.3 Å². The van der Waals surface area contributed by atoms with E-state index in [0.29, 0.717) is 17.7 Å². The van der Waals surface area contributed by atoms with E-state index < -0.39 is 26.1 Å². The Bertz CT molecular complexity index is 964. The zero-order valence-corrected chi connectivity index (χ0v) is 15.7. The molecule has 0 radical (unpaired) electrons. The summed E-state index contributed by atoms with van der Waals surface area (Å²) in [5.41, 5.74) is 1.20. The fourth-order valence-corrected chi connectivity index (χ4v) is 6.31. The van der Waals surface area contributed by atoms with E-state index in [0.717, 1.165) is 11.1 Å². The van der Waals surface area contributed by atoms with Gasteiger partial charge in [0.05, 0.1) is 18.0 Å². The van der Waals surface area contributed by atoms with Crippen LogP contribution in [-0.4, -0.2) is 29.6 Å². The Kier molecular flexibility index (Phi) is 4.45. The van der Waals surface area contributed by atoms with Crippen molar-refractivity contribution in [1.82, 2.24) is 4.72 Å². The maximum atomic E-state index is 12.6. The Morgan fingerprint density at radius 2 is 1.83 bits per heavy atom. The number of nitrogens with zero attached hydrogens (tertiary/aromatic N) is 1. The molecule has 1 N–H and O–H groups in total. The van der Waals surface area contributed by atoms with E-state index in [9.17, 15) is 16.8 Å². The molecule has 0 saturated carbocycles. The molecular weight excluding hydrogens is 368 g/mol. The molecule has 1 unspecified atom stereocenters. The third-order valence-corrected chi connectivity index (χ3v) is 8.02. The zero-order chi connectivity index (χ0) is 17.5. The van der Waals surface area contributed by atoms with Gasteiger partial charge in [0.15, 0.2) is 0 Å². The summed E-state index contributed by atoms with van der Waals surface area (Å²) in [6.45, 7) is 2.09. The average Bonchev–Trinajstić information content (AvgIpc) is 2.93. The van der Waals surface area contributed by atoms with Gasteiger partial charge >= 0.3 is 0 Å². The van der Waals surface area contributed by atoms with Gasteiger partial charge < -0.3 is 0 Å². The smallest absolute Gasteiger partial charge is 0.250 e. The summed E-state index contributed by atoms with van der Waals surface area (Å²) in [5, 5.41) is 0. The second-order valence-corrected chi connectivity index (χ2v) is 10.9. The van der Waals surface area contributed by atoms with Crippen molar-refractivity contribution >= 4 is 37.1 Å². The molecule has 1 aliphatic heterocycles. The highest BCUT2D eigenvalue weighted by molar-refractivity contribution is 7.92. The van der Waals surface area contributed by atoms with Crippen LogP contribution in [0.25, 0.3) is 0 Å². The number of hydrogen-bond acceptors (Lipinski definition) is 5. The lowest BCUT2D eigenvalue weighted by molar-refractivity contribution is 0.532. The Morgan fingerprint density at radius 3 is 2.46 bits per heavy atom. The monoisotopic (exact) mass is 386 g/mol. The van der Waals surface area contributed by atoms with Crippen molar-refractivity contribution in [3.8, 4) is 0 Å². The van der Waals surface area contributed by atoms with Gasteiger partial charge in [-0.2, -0.15) is 0 Å². The van der Waals surface area contributed by atoms with Crippen LogP contribution >= 0.6 is 11.3 Å².